The maximum Gasteiger partial charge on any atom is 0.0479 e. The molecule has 0 aliphatic carbocycles. The summed E-state index contributed by atoms with van der Waals surface area (Å²) >= 11 is 0. The lowest BCUT2D eigenvalue weighted by atomic mass is 10.1. The SMILES string of the molecule is CCC(NC)c1ccn(CCCOC)c1. The van der Waals surface area contributed by atoms with Crippen LogP contribution in [0.15, 0.2) is 18.5 Å². The van der Waals surface area contributed by atoms with Gasteiger partial charge in [0.2, 0.25) is 0 Å². The monoisotopic (exact) mass is 210 g/mol. The lowest BCUT2D eigenvalue weighted by Gasteiger charge is -2.11. The highest BCUT2D eigenvalue weighted by Crippen LogP contribution is 2.16. The van der Waals surface area contributed by atoms with Crippen LogP contribution in [0, 0.1) is 0 Å². The first-order valence-electron chi connectivity index (χ1n) is 5.63. The van der Waals surface area contributed by atoms with E-state index in [4.69, 9.17) is 4.74 Å². The molecular weight excluding hydrogens is 188 g/mol. The molecule has 1 aromatic rings. The Balaban J connectivity index is 2.47. The predicted molar refractivity (Wildman–Crippen MR) is 63.0 cm³/mol. The Hall–Kier alpha value is -0.800. The lowest BCUT2D eigenvalue weighted by molar-refractivity contribution is 0.190. The number of rotatable bonds is 7. The third-order valence-corrected chi connectivity index (χ3v) is 2.70. The first kappa shape index (κ1) is 12.3. The van der Waals surface area contributed by atoms with Crippen LogP contribution in [0.3, 0.4) is 0 Å². The van der Waals surface area contributed by atoms with Gasteiger partial charge in [-0.2, -0.15) is 0 Å². The van der Waals surface area contributed by atoms with Gasteiger partial charge in [-0.15, -0.1) is 0 Å². The molecule has 0 fully saturated rings. The van der Waals surface area contributed by atoms with Crippen LogP contribution in [-0.2, 0) is 11.3 Å². The van der Waals surface area contributed by atoms with E-state index in [9.17, 15) is 0 Å². The Kier molecular flexibility index (Phi) is 5.43. The van der Waals surface area contributed by atoms with Crippen molar-refractivity contribution in [2.45, 2.75) is 32.4 Å². The van der Waals surface area contributed by atoms with Gasteiger partial charge >= 0.3 is 0 Å². The van der Waals surface area contributed by atoms with E-state index in [0.717, 1.165) is 26.0 Å². The predicted octanol–water partition coefficient (Wildman–Crippen LogP) is 2.20. The van der Waals surface area contributed by atoms with E-state index in [1.807, 2.05) is 7.05 Å². The highest BCUT2D eigenvalue weighted by Gasteiger charge is 2.07. The Bertz CT molecular complexity index is 266. The summed E-state index contributed by atoms with van der Waals surface area (Å²) in [6.45, 7) is 4.06. The normalized spacial score (nSPS) is 13.0. The standard InChI is InChI=1S/C12H22N2O/c1-4-12(13-2)11-6-8-14(10-11)7-5-9-15-3/h6,8,10,12-13H,4-5,7,9H2,1-3H3. The second kappa shape index (κ2) is 6.64. The second-order valence-corrected chi connectivity index (χ2v) is 3.78. The van der Waals surface area contributed by atoms with Gasteiger partial charge in [-0.25, -0.2) is 0 Å². The summed E-state index contributed by atoms with van der Waals surface area (Å²) in [4.78, 5) is 0. The van der Waals surface area contributed by atoms with Crippen LogP contribution in [0.1, 0.15) is 31.4 Å². The topological polar surface area (TPSA) is 26.2 Å². The molecule has 3 heteroatoms. The summed E-state index contributed by atoms with van der Waals surface area (Å²) in [5.41, 5.74) is 1.37. The molecule has 0 saturated heterocycles. The van der Waals surface area contributed by atoms with Crippen molar-refractivity contribution in [2.75, 3.05) is 20.8 Å². The van der Waals surface area contributed by atoms with E-state index in [1.165, 1.54) is 5.56 Å². The number of hydrogen-bond donors (Lipinski definition) is 1. The minimum atomic E-state index is 0.480. The van der Waals surface area contributed by atoms with Gasteiger partial charge in [-0.1, -0.05) is 6.92 Å². The molecule has 1 N–H and O–H groups in total. The molecule has 1 unspecified atom stereocenters. The average Bonchev–Trinajstić information content (AvgIpc) is 2.69. The molecule has 15 heavy (non-hydrogen) atoms. The molecule has 0 aliphatic heterocycles. The van der Waals surface area contributed by atoms with Gasteiger partial charge in [-0.3, -0.25) is 0 Å². The fourth-order valence-electron chi connectivity index (χ4n) is 1.80. The van der Waals surface area contributed by atoms with Gasteiger partial charge in [-0.05, 0) is 31.5 Å². The van der Waals surface area contributed by atoms with Crippen LogP contribution in [0.25, 0.3) is 0 Å². The number of nitrogens with zero attached hydrogens (tertiary/aromatic N) is 1. The van der Waals surface area contributed by atoms with Crippen molar-refractivity contribution in [3.63, 3.8) is 0 Å². The maximum atomic E-state index is 5.03. The summed E-state index contributed by atoms with van der Waals surface area (Å²) in [5, 5.41) is 3.31. The number of hydrogen-bond acceptors (Lipinski definition) is 2. The largest absolute Gasteiger partial charge is 0.385 e. The van der Waals surface area contributed by atoms with Gasteiger partial charge < -0.3 is 14.6 Å². The zero-order valence-corrected chi connectivity index (χ0v) is 9.99. The van der Waals surface area contributed by atoms with Crippen LogP contribution in [-0.4, -0.2) is 25.3 Å². The number of methoxy groups -OCH3 is 1. The molecule has 0 radical (unpaired) electrons. The smallest absolute Gasteiger partial charge is 0.0479 e. The third-order valence-electron chi connectivity index (χ3n) is 2.70. The van der Waals surface area contributed by atoms with E-state index in [0.29, 0.717) is 6.04 Å². The molecule has 0 saturated carbocycles. The first-order chi connectivity index (χ1) is 7.31. The molecule has 1 atom stereocenters. The average molecular weight is 210 g/mol. The van der Waals surface area contributed by atoms with E-state index in [-0.39, 0.29) is 0 Å². The molecule has 1 aromatic heterocycles. The minimum Gasteiger partial charge on any atom is -0.385 e. The molecule has 0 bridgehead atoms. The van der Waals surface area contributed by atoms with Crippen molar-refractivity contribution < 1.29 is 4.74 Å². The van der Waals surface area contributed by atoms with Crippen LogP contribution in [0.2, 0.25) is 0 Å². The van der Waals surface area contributed by atoms with Gasteiger partial charge in [0.05, 0.1) is 0 Å². The maximum absolute atomic E-state index is 5.03. The second-order valence-electron chi connectivity index (χ2n) is 3.78. The number of nitrogens with one attached hydrogen (secondary N) is 1. The minimum absolute atomic E-state index is 0.480. The quantitative estimate of drug-likeness (QED) is 0.698. The van der Waals surface area contributed by atoms with Crippen molar-refractivity contribution in [2.24, 2.45) is 0 Å². The lowest BCUT2D eigenvalue weighted by Crippen LogP contribution is -2.14. The summed E-state index contributed by atoms with van der Waals surface area (Å²) in [5.74, 6) is 0. The molecule has 0 amide bonds. The first-order valence-corrected chi connectivity index (χ1v) is 5.63. The fraction of sp³-hybridized carbons (Fsp3) is 0.667. The van der Waals surface area contributed by atoms with Crippen molar-refractivity contribution in [3.8, 4) is 0 Å². The summed E-state index contributed by atoms with van der Waals surface area (Å²) in [6.07, 6.45) is 6.56. The van der Waals surface area contributed by atoms with Gasteiger partial charge in [0.1, 0.15) is 0 Å². The number of aryl methyl sites for hydroxylation is 1. The summed E-state index contributed by atoms with van der Waals surface area (Å²) < 4.78 is 7.26. The van der Waals surface area contributed by atoms with Gasteiger partial charge in [0.25, 0.3) is 0 Å². The van der Waals surface area contributed by atoms with Crippen LogP contribution >= 0.6 is 0 Å². The molecule has 86 valence electrons. The fourth-order valence-corrected chi connectivity index (χ4v) is 1.80. The zero-order chi connectivity index (χ0) is 11.1. The Morgan fingerprint density at radius 2 is 2.33 bits per heavy atom. The third kappa shape index (κ3) is 3.68. The van der Waals surface area contributed by atoms with Crippen LogP contribution < -0.4 is 5.32 Å². The Labute approximate surface area is 92.4 Å². The van der Waals surface area contributed by atoms with Gasteiger partial charge in [0.15, 0.2) is 0 Å². The molecule has 0 aliphatic rings. The molecule has 1 heterocycles. The van der Waals surface area contributed by atoms with Crippen molar-refractivity contribution in [3.05, 3.63) is 24.0 Å². The molecule has 0 spiro atoms. The van der Waals surface area contributed by atoms with Crippen LogP contribution in [0.5, 0.6) is 0 Å². The van der Waals surface area contributed by atoms with Crippen molar-refractivity contribution in [1.29, 1.82) is 0 Å². The van der Waals surface area contributed by atoms with E-state index in [2.05, 4.69) is 35.3 Å². The van der Waals surface area contributed by atoms with Crippen molar-refractivity contribution >= 4 is 0 Å². The molecule has 3 nitrogen and oxygen atoms in total. The van der Waals surface area contributed by atoms with E-state index in [1.54, 1.807) is 7.11 Å². The summed E-state index contributed by atoms with van der Waals surface area (Å²) in [7, 11) is 3.76. The summed E-state index contributed by atoms with van der Waals surface area (Å²) in [6, 6.07) is 2.67. The molecule has 1 rings (SSSR count). The van der Waals surface area contributed by atoms with Crippen LogP contribution in [0.4, 0.5) is 0 Å². The van der Waals surface area contributed by atoms with Crippen molar-refractivity contribution in [1.82, 2.24) is 9.88 Å². The zero-order valence-electron chi connectivity index (χ0n) is 9.99. The van der Waals surface area contributed by atoms with E-state index >= 15 is 0 Å². The Morgan fingerprint density at radius 3 is 2.93 bits per heavy atom. The molecular formula is C12H22N2O. The number of ether oxygens (including phenoxy) is 1. The van der Waals surface area contributed by atoms with E-state index < -0.39 is 0 Å². The molecule has 0 aromatic carbocycles. The number of aromatic nitrogens is 1. The van der Waals surface area contributed by atoms with Gasteiger partial charge in [0, 0.05) is 38.7 Å². The highest BCUT2D eigenvalue weighted by molar-refractivity contribution is 5.15. The Morgan fingerprint density at radius 1 is 1.53 bits per heavy atom. The highest BCUT2D eigenvalue weighted by atomic mass is 16.5.